The molecule has 2 aromatic carbocycles. The van der Waals surface area contributed by atoms with Crippen LogP contribution in [0.4, 0.5) is 4.79 Å². The molecule has 3 aliphatic carbocycles. The molecular formula is C44H55N5O9S. The van der Waals surface area contributed by atoms with Crippen LogP contribution in [0.5, 0.6) is 11.6 Å². The fourth-order valence-corrected chi connectivity index (χ4v) is 10.6. The molecule has 4 fully saturated rings. The van der Waals surface area contributed by atoms with E-state index in [1.165, 1.54) is 11.0 Å². The van der Waals surface area contributed by atoms with E-state index in [0.717, 1.165) is 53.8 Å². The van der Waals surface area contributed by atoms with Gasteiger partial charge in [-0.1, -0.05) is 57.0 Å². The zero-order valence-electron chi connectivity index (χ0n) is 34.1. The highest BCUT2D eigenvalue weighted by Crippen LogP contribution is 2.46. The van der Waals surface area contributed by atoms with E-state index in [0.29, 0.717) is 49.4 Å². The van der Waals surface area contributed by atoms with Crippen molar-refractivity contribution >= 4 is 55.5 Å². The molecule has 5 atom stereocenters. The van der Waals surface area contributed by atoms with Crippen LogP contribution in [0.15, 0.2) is 49.1 Å². The predicted octanol–water partition coefficient (Wildman–Crippen LogP) is 5.45. The topological polar surface area (TPSA) is 182 Å². The maximum absolute atomic E-state index is 14.9. The molecule has 316 valence electrons. The minimum atomic E-state index is -3.91. The summed E-state index contributed by atoms with van der Waals surface area (Å²) in [6.07, 6.45) is 6.83. The van der Waals surface area contributed by atoms with Gasteiger partial charge in [-0.3, -0.25) is 19.1 Å². The van der Waals surface area contributed by atoms with Crippen LogP contribution >= 0.6 is 0 Å². The summed E-state index contributed by atoms with van der Waals surface area (Å²) in [5.41, 5.74) is -0.0998. The zero-order valence-corrected chi connectivity index (χ0v) is 34.9. The quantitative estimate of drug-likeness (QED) is 0.185. The van der Waals surface area contributed by atoms with Crippen molar-refractivity contribution in [1.29, 1.82) is 0 Å². The number of aryl methyl sites for hydroxylation is 1. The van der Waals surface area contributed by atoms with Crippen LogP contribution in [-0.4, -0.2) is 90.9 Å². The van der Waals surface area contributed by atoms with Crippen LogP contribution in [0.25, 0.3) is 21.7 Å². The molecule has 59 heavy (non-hydrogen) atoms. The second kappa shape index (κ2) is 15.9. The van der Waals surface area contributed by atoms with E-state index in [4.69, 9.17) is 19.2 Å². The van der Waals surface area contributed by atoms with Gasteiger partial charge in [0.25, 0.3) is 5.91 Å². The van der Waals surface area contributed by atoms with Crippen molar-refractivity contribution in [3.8, 4) is 11.6 Å². The lowest BCUT2D eigenvalue weighted by Crippen LogP contribution is -2.59. The monoisotopic (exact) mass is 829 g/mol. The molecule has 0 radical (unpaired) electrons. The molecule has 0 spiro atoms. The van der Waals surface area contributed by atoms with Gasteiger partial charge in [-0.25, -0.2) is 18.2 Å². The molecule has 3 aromatic rings. The Morgan fingerprint density at radius 2 is 1.81 bits per heavy atom. The largest absolute Gasteiger partial charge is 0.488 e. The van der Waals surface area contributed by atoms with Crippen molar-refractivity contribution in [3.63, 3.8) is 0 Å². The molecular weight excluding hydrogens is 775 g/mol. The van der Waals surface area contributed by atoms with Gasteiger partial charge in [-0.2, -0.15) is 0 Å². The summed E-state index contributed by atoms with van der Waals surface area (Å²) < 4.78 is 46.5. The first-order valence-corrected chi connectivity index (χ1v) is 22.7. The maximum atomic E-state index is 14.9. The van der Waals surface area contributed by atoms with E-state index in [-0.39, 0.29) is 37.3 Å². The van der Waals surface area contributed by atoms with Gasteiger partial charge in [0, 0.05) is 29.2 Å². The summed E-state index contributed by atoms with van der Waals surface area (Å²) in [6.45, 7) is 10.3. The summed E-state index contributed by atoms with van der Waals surface area (Å²) in [4.78, 5) is 63.1. The second-order valence-electron chi connectivity index (χ2n) is 17.8. The number of nitrogens with zero attached hydrogens (tertiary/aromatic N) is 2. The Balaban J connectivity index is 1.19. The number of benzene rings is 2. The average molecular weight is 830 g/mol. The first kappa shape index (κ1) is 40.8. The number of hydrogen-bond donors (Lipinski definition) is 3. The van der Waals surface area contributed by atoms with Crippen LogP contribution in [0.1, 0.15) is 90.5 Å². The number of carbonyl (C=O) groups excluding carboxylic acids is 4. The van der Waals surface area contributed by atoms with Gasteiger partial charge in [0.15, 0.2) is 0 Å². The first-order valence-electron chi connectivity index (χ1n) is 21.1. The van der Waals surface area contributed by atoms with E-state index >= 15 is 0 Å². The lowest BCUT2D eigenvalue weighted by Gasteiger charge is -2.32. The number of sulfonamides is 1. The van der Waals surface area contributed by atoms with E-state index < -0.39 is 68.7 Å². The van der Waals surface area contributed by atoms with Gasteiger partial charge in [0.2, 0.25) is 27.7 Å². The Bertz CT molecular complexity index is 2290. The number of cyclic esters (lactones) is 1. The fourth-order valence-electron chi connectivity index (χ4n) is 9.29. The minimum absolute atomic E-state index is 0.00172. The van der Waals surface area contributed by atoms with Gasteiger partial charge in [0.05, 0.1) is 30.5 Å². The summed E-state index contributed by atoms with van der Waals surface area (Å²) in [6, 6.07) is 9.86. The molecule has 1 saturated heterocycles. The van der Waals surface area contributed by atoms with Crippen molar-refractivity contribution in [3.05, 3.63) is 54.6 Å². The zero-order chi connectivity index (χ0) is 41.7. The van der Waals surface area contributed by atoms with E-state index in [1.807, 2.05) is 25.1 Å². The smallest absolute Gasteiger partial charge is 0.407 e. The third kappa shape index (κ3) is 8.31. The summed E-state index contributed by atoms with van der Waals surface area (Å²) in [5, 5.41) is 7.89. The van der Waals surface area contributed by atoms with Crippen LogP contribution in [-0.2, 0) is 35.6 Å². The second-order valence-corrected chi connectivity index (χ2v) is 19.8. The van der Waals surface area contributed by atoms with E-state index in [1.54, 1.807) is 6.07 Å². The van der Waals surface area contributed by atoms with Crippen molar-refractivity contribution in [1.82, 2.24) is 25.2 Å². The predicted molar refractivity (Wildman–Crippen MR) is 221 cm³/mol. The molecule has 4 bridgehead atoms. The van der Waals surface area contributed by atoms with Crippen LogP contribution < -0.4 is 24.8 Å². The molecule has 14 nitrogen and oxygen atoms in total. The number of ether oxygens (including phenoxy) is 3. The maximum Gasteiger partial charge on any atom is 0.407 e. The molecule has 4 amide bonds. The van der Waals surface area contributed by atoms with Gasteiger partial charge in [-0.15, -0.1) is 6.58 Å². The lowest BCUT2D eigenvalue weighted by molar-refractivity contribution is -0.142. The number of rotatable bonds is 9. The molecule has 3 saturated carbocycles. The third-order valence-corrected chi connectivity index (χ3v) is 14.7. The number of alkyl carbamates (subject to hydrolysis) is 1. The highest BCUT2D eigenvalue weighted by Gasteiger charge is 2.62. The number of fused-ring (bicyclic) bond motifs is 6. The molecule has 2 aliphatic heterocycles. The first-order chi connectivity index (χ1) is 28.2. The number of nitrogens with one attached hydrogen (secondary N) is 3. The molecule has 8 rings (SSSR count). The number of pyridine rings is 1. The SMILES string of the molecule is C=C[C@@H]1C[C@]1(NC(=O)[C@@H]1C[C@@H]2CN1C(=O)[C@H](C1CCCC1)NC(=O)OCC(C)(C)CCCc1cc3c(cc(OCC)nc3c3ccccc13)O2)C(=O)NS(=O)(=O)C1CC1. The van der Waals surface area contributed by atoms with Crippen LogP contribution in [0.3, 0.4) is 0 Å². The highest BCUT2D eigenvalue weighted by molar-refractivity contribution is 7.91. The minimum Gasteiger partial charge on any atom is -0.488 e. The Kier molecular flexibility index (Phi) is 11.0. The molecule has 3 heterocycles. The van der Waals surface area contributed by atoms with Crippen molar-refractivity contribution in [2.24, 2.45) is 17.3 Å². The standard InChI is InChI=1S/C44H55N5O9S/c1-5-28-23-44(28,41(52)48-59(54,55)30-17-18-30)47-39(50)34-21-29-24-49(34)40(51)37(26-12-7-8-13-26)46-42(53)57-25-43(3,4)19-11-14-27-20-33-35(58-29)22-36(56-6-2)45-38(33)32-16-10-9-15-31(27)32/h5,9-10,15-16,20,22,26,28-30,34,37H,1,6-8,11-14,17-19,21,23-25H2,2-4H3,(H,46,53)(H,47,50)(H,48,52)/t28-,29-,34+,37+,44-/m1/s1. The molecule has 3 N–H and O–H groups in total. The van der Waals surface area contributed by atoms with Gasteiger partial charge in [0.1, 0.15) is 29.5 Å². The molecule has 15 heteroatoms. The fraction of sp³-hybridized carbons (Fsp3) is 0.568. The number of aromatic nitrogens is 1. The summed E-state index contributed by atoms with van der Waals surface area (Å²) in [7, 11) is -3.91. The molecule has 5 aliphatic rings. The van der Waals surface area contributed by atoms with E-state index in [2.05, 4.69) is 47.9 Å². The van der Waals surface area contributed by atoms with Gasteiger partial charge >= 0.3 is 6.09 Å². The Morgan fingerprint density at radius 3 is 2.51 bits per heavy atom. The van der Waals surface area contributed by atoms with Gasteiger partial charge in [-0.05, 0) is 86.6 Å². The van der Waals surface area contributed by atoms with Crippen LogP contribution in [0, 0.1) is 17.3 Å². The van der Waals surface area contributed by atoms with E-state index in [9.17, 15) is 27.6 Å². The van der Waals surface area contributed by atoms with Crippen LogP contribution in [0.2, 0.25) is 0 Å². The number of hydrogen-bond acceptors (Lipinski definition) is 10. The van der Waals surface area contributed by atoms with Crippen molar-refractivity contribution in [2.45, 2.75) is 120 Å². The summed E-state index contributed by atoms with van der Waals surface area (Å²) in [5.74, 6) is -1.73. The highest BCUT2D eigenvalue weighted by atomic mass is 32.2. The number of carbonyl (C=O) groups is 4. The summed E-state index contributed by atoms with van der Waals surface area (Å²) >= 11 is 0. The number of amides is 4. The van der Waals surface area contributed by atoms with Gasteiger partial charge < -0.3 is 29.7 Å². The average Bonchev–Trinajstić information content (AvgIpc) is 4.08. The lowest BCUT2D eigenvalue weighted by atomic mass is 9.86. The third-order valence-electron chi connectivity index (χ3n) is 12.8. The Morgan fingerprint density at radius 1 is 1.07 bits per heavy atom. The Hall–Kier alpha value is -4.92. The normalized spacial score (nSPS) is 27.6. The van der Waals surface area contributed by atoms with Crippen molar-refractivity contribution in [2.75, 3.05) is 19.8 Å². The Labute approximate surface area is 345 Å². The molecule has 0 unspecified atom stereocenters. The van der Waals surface area contributed by atoms with Crippen molar-refractivity contribution < 1.29 is 41.8 Å². The molecule has 1 aromatic heterocycles.